The second-order valence-electron chi connectivity index (χ2n) is 15.4. The number of carbonyl (C=O) groups excluding carboxylic acids is 1. The number of hydrogen-bond acceptors (Lipinski definition) is 13. The number of unbranched alkanes of at least 4 members (excludes halogenated alkanes) is 15. The van der Waals surface area contributed by atoms with Gasteiger partial charge in [0.15, 0.2) is 12.6 Å². The van der Waals surface area contributed by atoms with Crippen molar-refractivity contribution in [3.63, 3.8) is 0 Å². The molecule has 0 aromatic carbocycles. The summed E-state index contributed by atoms with van der Waals surface area (Å²) in [5, 5.41) is 85.2. The largest absolute Gasteiger partial charge is 0.394 e. The summed E-state index contributed by atoms with van der Waals surface area (Å²) in [5.74, 6) is -0.344. The van der Waals surface area contributed by atoms with Crippen molar-refractivity contribution < 1.29 is 64.6 Å². The van der Waals surface area contributed by atoms with Crippen LogP contribution in [0.2, 0.25) is 0 Å². The minimum atomic E-state index is -1.79. The molecule has 0 aromatic heterocycles. The second-order valence-corrected chi connectivity index (χ2v) is 15.4. The van der Waals surface area contributed by atoms with E-state index in [1.165, 1.54) is 83.5 Å². The zero-order valence-electron chi connectivity index (χ0n) is 34.6. The van der Waals surface area contributed by atoms with Gasteiger partial charge < -0.3 is 65.1 Å². The van der Waals surface area contributed by atoms with Crippen LogP contribution in [0, 0.1) is 0 Å². The van der Waals surface area contributed by atoms with E-state index in [1.807, 2.05) is 6.08 Å². The molecule has 2 fully saturated rings. The highest BCUT2D eigenvalue weighted by Gasteiger charge is 2.50. The van der Waals surface area contributed by atoms with Crippen LogP contribution in [0.3, 0.4) is 0 Å². The van der Waals surface area contributed by atoms with Crippen molar-refractivity contribution >= 4 is 5.91 Å². The Hall–Kier alpha value is -1.79. The van der Waals surface area contributed by atoms with Gasteiger partial charge in [0.1, 0.15) is 48.8 Å². The van der Waals surface area contributed by atoms with Crippen LogP contribution in [-0.4, -0.2) is 140 Å². The number of rotatable bonds is 31. The van der Waals surface area contributed by atoms with Crippen molar-refractivity contribution in [1.29, 1.82) is 0 Å². The molecule has 57 heavy (non-hydrogen) atoms. The van der Waals surface area contributed by atoms with Gasteiger partial charge in [-0.1, -0.05) is 127 Å². The van der Waals surface area contributed by atoms with E-state index in [4.69, 9.17) is 18.9 Å². The van der Waals surface area contributed by atoms with Gasteiger partial charge >= 0.3 is 0 Å². The van der Waals surface area contributed by atoms with E-state index < -0.39 is 86.8 Å². The maximum atomic E-state index is 12.2. The van der Waals surface area contributed by atoms with Gasteiger partial charge in [-0.25, -0.2) is 0 Å². The minimum Gasteiger partial charge on any atom is -0.394 e. The van der Waals surface area contributed by atoms with Crippen molar-refractivity contribution in [2.24, 2.45) is 0 Å². The Morgan fingerprint density at radius 2 is 1.11 bits per heavy atom. The standard InChI is InChI=1S/C43H77NO13/c1-3-5-6-7-8-9-10-11-12-13-14-15-16-17-18-19-20-21-22-23-24-25-26-27-32(47)31(44-35(48)4-2)30-54-42-40(53)38(51)41(34(29-46)56-42)57-43-39(52)37(50)36(49)33(28-45)55-43/h18-19,22-23,26-27,31-34,36-43,45-47,49-53H,3-17,20-21,24-25,28-30H2,1-2H3,(H,44,48)/b19-18+,23-22+,27-26+. The predicted octanol–water partition coefficient (Wildman–Crippen LogP) is 3.59. The molecule has 0 radical (unpaired) electrons. The Balaban J connectivity index is 1.68. The van der Waals surface area contributed by atoms with Gasteiger partial charge in [-0.2, -0.15) is 0 Å². The van der Waals surface area contributed by atoms with E-state index in [-0.39, 0.29) is 18.9 Å². The number of aliphatic hydroxyl groups is 8. The van der Waals surface area contributed by atoms with Crippen LogP contribution in [-0.2, 0) is 23.7 Å². The summed E-state index contributed by atoms with van der Waals surface area (Å²) < 4.78 is 22.3. The molecular formula is C43H77NO13. The molecule has 2 saturated heterocycles. The van der Waals surface area contributed by atoms with Gasteiger partial charge in [-0.15, -0.1) is 0 Å². The Labute approximate surface area is 341 Å². The lowest BCUT2D eigenvalue weighted by atomic mass is 9.97. The maximum absolute atomic E-state index is 12.2. The van der Waals surface area contributed by atoms with Crippen LogP contribution in [0.1, 0.15) is 136 Å². The fourth-order valence-corrected chi connectivity index (χ4v) is 6.93. The number of amides is 1. The molecule has 0 aliphatic carbocycles. The molecule has 14 nitrogen and oxygen atoms in total. The molecular weight excluding hydrogens is 738 g/mol. The van der Waals surface area contributed by atoms with Crippen LogP contribution in [0.4, 0.5) is 0 Å². The number of allylic oxidation sites excluding steroid dienone is 5. The Morgan fingerprint density at radius 3 is 1.65 bits per heavy atom. The predicted molar refractivity (Wildman–Crippen MR) is 217 cm³/mol. The van der Waals surface area contributed by atoms with Crippen LogP contribution in [0.5, 0.6) is 0 Å². The van der Waals surface area contributed by atoms with Gasteiger partial charge in [0.05, 0.1) is 32.0 Å². The molecule has 2 rings (SSSR count). The van der Waals surface area contributed by atoms with Crippen LogP contribution in [0.25, 0.3) is 0 Å². The fourth-order valence-electron chi connectivity index (χ4n) is 6.93. The number of aliphatic hydroxyl groups excluding tert-OH is 8. The number of carbonyl (C=O) groups is 1. The average molecular weight is 816 g/mol. The summed E-state index contributed by atoms with van der Waals surface area (Å²) >= 11 is 0. The fraction of sp³-hybridized carbons (Fsp3) is 0.837. The highest BCUT2D eigenvalue weighted by atomic mass is 16.7. The SMILES string of the molecule is CCCCCCCCCCCCCCC/C=C/CC/C=C/CC/C=C/C(O)C(COC1OC(CO)C(OC2OC(CO)C(O)C(O)C2O)C(O)C1O)NC(=O)CC. The Morgan fingerprint density at radius 1 is 0.614 bits per heavy atom. The van der Waals surface area contributed by atoms with Gasteiger partial charge in [-0.05, 0) is 38.5 Å². The second kappa shape index (κ2) is 31.1. The molecule has 1 amide bonds. The summed E-state index contributed by atoms with van der Waals surface area (Å²) in [5.41, 5.74) is 0. The monoisotopic (exact) mass is 816 g/mol. The molecule has 9 N–H and O–H groups in total. The smallest absolute Gasteiger partial charge is 0.220 e. The molecule has 0 spiro atoms. The van der Waals surface area contributed by atoms with Crippen molar-refractivity contribution in [3.8, 4) is 0 Å². The van der Waals surface area contributed by atoms with Crippen molar-refractivity contribution in [1.82, 2.24) is 5.32 Å². The molecule has 14 heteroatoms. The van der Waals surface area contributed by atoms with Crippen molar-refractivity contribution in [2.45, 2.75) is 209 Å². The van der Waals surface area contributed by atoms with E-state index in [9.17, 15) is 45.6 Å². The van der Waals surface area contributed by atoms with E-state index in [1.54, 1.807) is 13.0 Å². The lowest BCUT2D eigenvalue weighted by Gasteiger charge is -2.46. The first-order chi connectivity index (χ1) is 27.6. The summed E-state index contributed by atoms with van der Waals surface area (Å²) in [4.78, 5) is 12.2. The van der Waals surface area contributed by atoms with E-state index in [0.29, 0.717) is 6.42 Å². The van der Waals surface area contributed by atoms with Gasteiger partial charge in [0.25, 0.3) is 0 Å². The Kier molecular flexibility index (Phi) is 28.1. The zero-order chi connectivity index (χ0) is 41.8. The lowest BCUT2D eigenvalue weighted by molar-refractivity contribution is -0.359. The molecule has 2 heterocycles. The first-order valence-corrected chi connectivity index (χ1v) is 21.7. The third kappa shape index (κ3) is 19.9. The zero-order valence-corrected chi connectivity index (χ0v) is 34.6. The maximum Gasteiger partial charge on any atom is 0.220 e. The van der Waals surface area contributed by atoms with E-state index in [2.05, 4.69) is 36.5 Å². The van der Waals surface area contributed by atoms with Gasteiger partial charge in [0.2, 0.25) is 5.91 Å². The van der Waals surface area contributed by atoms with Crippen LogP contribution < -0.4 is 5.32 Å². The summed E-state index contributed by atoms with van der Waals surface area (Å²) in [7, 11) is 0. The van der Waals surface area contributed by atoms with E-state index >= 15 is 0 Å². The van der Waals surface area contributed by atoms with Gasteiger partial charge in [-0.3, -0.25) is 4.79 Å². The summed E-state index contributed by atoms with van der Waals surface area (Å²) in [6.45, 7) is 2.17. The normalized spacial score (nSPS) is 29.4. The van der Waals surface area contributed by atoms with E-state index in [0.717, 1.165) is 25.7 Å². The highest BCUT2D eigenvalue weighted by molar-refractivity contribution is 5.75. The molecule has 0 bridgehead atoms. The molecule has 0 aromatic rings. The third-order valence-electron chi connectivity index (χ3n) is 10.6. The number of hydrogen-bond donors (Lipinski definition) is 9. The first-order valence-electron chi connectivity index (χ1n) is 21.7. The third-order valence-corrected chi connectivity index (χ3v) is 10.6. The molecule has 2 aliphatic heterocycles. The summed E-state index contributed by atoms with van der Waals surface area (Å²) in [6.07, 6.45) is 17.6. The molecule has 332 valence electrons. The first kappa shape index (κ1) is 51.4. The van der Waals surface area contributed by atoms with Crippen molar-refractivity contribution in [3.05, 3.63) is 36.5 Å². The summed E-state index contributed by atoms with van der Waals surface area (Å²) in [6, 6.07) is -0.931. The number of nitrogens with one attached hydrogen (secondary N) is 1. The topological polar surface area (TPSA) is 228 Å². The van der Waals surface area contributed by atoms with Gasteiger partial charge in [0, 0.05) is 6.42 Å². The lowest BCUT2D eigenvalue weighted by Crippen LogP contribution is -2.65. The highest BCUT2D eigenvalue weighted by Crippen LogP contribution is 2.29. The van der Waals surface area contributed by atoms with Crippen LogP contribution >= 0.6 is 0 Å². The minimum absolute atomic E-state index is 0.150. The molecule has 12 atom stereocenters. The molecule has 0 saturated carbocycles. The number of ether oxygens (including phenoxy) is 4. The Bertz CT molecular complexity index is 1100. The van der Waals surface area contributed by atoms with Crippen LogP contribution in [0.15, 0.2) is 36.5 Å². The quantitative estimate of drug-likeness (QED) is 0.0361. The van der Waals surface area contributed by atoms with Crippen molar-refractivity contribution in [2.75, 3.05) is 19.8 Å². The average Bonchev–Trinajstić information content (AvgIpc) is 3.21. The molecule has 2 aliphatic rings. The molecule has 12 unspecified atom stereocenters.